The fraction of sp³-hybridized carbons (Fsp3) is 0.500. The van der Waals surface area contributed by atoms with E-state index in [1.54, 1.807) is 18.2 Å². The quantitative estimate of drug-likeness (QED) is 0.798. The molecular weight excluding hydrogens is 193 g/mol. The van der Waals surface area contributed by atoms with E-state index in [0.29, 0.717) is 12.0 Å². The molecule has 2 nitrogen and oxygen atoms in total. The van der Waals surface area contributed by atoms with Crippen LogP contribution in [0.4, 0.5) is 4.39 Å². The minimum Gasteiger partial charge on any atom is -0.508 e. The fourth-order valence-electron chi connectivity index (χ4n) is 2.06. The van der Waals surface area contributed by atoms with Gasteiger partial charge in [0, 0.05) is 12.5 Å². The largest absolute Gasteiger partial charge is 0.508 e. The minimum atomic E-state index is -0.902. The molecule has 1 aromatic carbocycles. The Morgan fingerprint density at radius 2 is 2.27 bits per heavy atom. The second-order valence-corrected chi connectivity index (χ2v) is 4.05. The first kappa shape index (κ1) is 10.4. The zero-order chi connectivity index (χ0) is 10.7. The molecule has 2 unspecified atom stereocenters. The van der Waals surface area contributed by atoms with Crippen LogP contribution < -0.4 is 5.32 Å². The van der Waals surface area contributed by atoms with Crippen molar-refractivity contribution in [3.63, 3.8) is 0 Å². The van der Waals surface area contributed by atoms with Gasteiger partial charge < -0.3 is 10.4 Å². The number of phenols is 1. The summed E-state index contributed by atoms with van der Waals surface area (Å²) in [5, 5.41) is 12.7. The number of alkyl halides is 1. The highest BCUT2D eigenvalue weighted by atomic mass is 19.1. The van der Waals surface area contributed by atoms with Gasteiger partial charge in [-0.25, -0.2) is 4.39 Å². The van der Waals surface area contributed by atoms with E-state index in [4.69, 9.17) is 0 Å². The first-order chi connectivity index (χ1) is 7.27. The number of benzene rings is 1. The Bertz CT molecular complexity index is 323. The van der Waals surface area contributed by atoms with Crippen LogP contribution in [0.1, 0.15) is 18.4 Å². The number of phenolic OH excluding ortho intramolecular Hbond substituents is 1. The molecule has 1 fully saturated rings. The molecule has 2 rings (SSSR count). The van der Waals surface area contributed by atoms with Crippen molar-refractivity contribution < 1.29 is 9.50 Å². The summed E-state index contributed by atoms with van der Waals surface area (Å²) in [6.07, 6.45) is 1.34. The molecule has 0 aromatic heterocycles. The smallest absolute Gasteiger partial charge is 0.119 e. The zero-order valence-electron chi connectivity index (χ0n) is 8.62. The monoisotopic (exact) mass is 209 g/mol. The van der Waals surface area contributed by atoms with E-state index < -0.39 is 6.17 Å². The molecule has 1 saturated heterocycles. The second-order valence-electron chi connectivity index (χ2n) is 4.05. The lowest BCUT2D eigenvalue weighted by Crippen LogP contribution is -2.33. The average Bonchev–Trinajstić information content (AvgIpc) is 2.74. The molecule has 0 spiro atoms. The van der Waals surface area contributed by atoms with E-state index in [9.17, 15) is 9.50 Å². The molecule has 1 aromatic rings. The molecule has 0 radical (unpaired) electrons. The predicted octanol–water partition coefficient (Wildman–Crippen LogP) is 2.02. The lowest BCUT2D eigenvalue weighted by Gasteiger charge is -2.16. The first-order valence-electron chi connectivity index (χ1n) is 5.41. The Labute approximate surface area is 89.1 Å². The second kappa shape index (κ2) is 4.62. The molecule has 1 aliphatic heterocycles. The maximum Gasteiger partial charge on any atom is 0.119 e. The Balaban J connectivity index is 1.99. The molecule has 1 aliphatic rings. The summed E-state index contributed by atoms with van der Waals surface area (Å²) in [7, 11) is 0. The topological polar surface area (TPSA) is 32.3 Å². The third-order valence-corrected chi connectivity index (χ3v) is 2.94. The molecule has 3 heteroatoms. The van der Waals surface area contributed by atoms with Crippen molar-refractivity contribution in [2.75, 3.05) is 6.54 Å². The zero-order valence-corrected chi connectivity index (χ0v) is 8.62. The summed E-state index contributed by atoms with van der Waals surface area (Å²) in [6.45, 7) is 0.909. The van der Waals surface area contributed by atoms with E-state index in [-0.39, 0.29) is 11.8 Å². The Hall–Kier alpha value is -1.09. The standard InChI is InChI=1S/C12H16FNO/c13-10(11-5-3-7-14-11)8-9-4-1-2-6-12(9)15/h1-2,4,6,10-11,14-15H,3,5,7-8H2. The maximum absolute atomic E-state index is 13.8. The molecule has 0 bridgehead atoms. The van der Waals surface area contributed by atoms with Gasteiger partial charge in [0.05, 0.1) is 0 Å². The summed E-state index contributed by atoms with van der Waals surface area (Å²) >= 11 is 0. The summed E-state index contributed by atoms with van der Waals surface area (Å²) in [4.78, 5) is 0. The van der Waals surface area contributed by atoms with Crippen LogP contribution in [0.25, 0.3) is 0 Å². The van der Waals surface area contributed by atoms with Crippen LogP contribution >= 0.6 is 0 Å². The van der Waals surface area contributed by atoms with Crippen LogP contribution in [0, 0.1) is 0 Å². The van der Waals surface area contributed by atoms with Crippen molar-refractivity contribution in [2.45, 2.75) is 31.5 Å². The predicted molar refractivity (Wildman–Crippen MR) is 57.7 cm³/mol. The van der Waals surface area contributed by atoms with Gasteiger partial charge in [0.1, 0.15) is 11.9 Å². The normalized spacial score (nSPS) is 22.9. The lowest BCUT2D eigenvalue weighted by molar-refractivity contribution is 0.261. The number of hydrogen-bond donors (Lipinski definition) is 2. The van der Waals surface area contributed by atoms with Gasteiger partial charge in [-0.3, -0.25) is 0 Å². The van der Waals surface area contributed by atoms with Crippen molar-refractivity contribution in [2.24, 2.45) is 0 Å². The number of nitrogens with one attached hydrogen (secondary N) is 1. The number of para-hydroxylation sites is 1. The molecule has 15 heavy (non-hydrogen) atoms. The van der Waals surface area contributed by atoms with Crippen LogP contribution in [0.3, 0.4) is 0 Å². The van der Waals surface area contributed by atoms with E-state index in [0.717, 1.165) is 19.4 Å². The van der Waals surface area contributed by atoms with Gasteiger partial charge >= 0.3 is 0 Å². The number of hydrogen-bond acceptors (Lipinski definition) is 2. The van der Waals surface area contributed by atoms with Gasteiger partial charge in [-0.2, -0.15) is 0 Å². The van der Waals surface area contributed by atoms with Crippen molar-refractivity contribution in [3.8, 4) is 5.75 Å². The molecule has 82 valence electrons. The highest BCUT2D eigenvalue weighted by molar-refractivity contribution is 5.32. The van der Waals surface area contributed by atoms with Gasteiger partial charge in [0.15, 0.2) is 0 Å². The molecule has 2 atom stereocenters. The maximum atomic E-state index is 13.8. The number of rotatable bonds is 3. The highest BCUT2D eigenvalue weighted by Crippen LogP contribution is 2.22. The molecule has 0 amide bonds. The number of halogens is 1. The Morgan fingerprint density at radius 1 is 1.47 bits per heavy atom. The van der Waals surface area contributed by atoms with Crippen molar-refractivity contribution in [3.05, 3.63) is 29.8 Å². The molecule has 2 N–H and O–H groups in total. The van der Waals surface area contributed by atoms with E-state index in [1.807, 2.05) is 6.07 Å². The minimum absolute atomic E-state index is 0.0374. The SMILES string of the molecule is Oc1ccccc1CC(F)C1CCCN1. The Kier molecular flexibility index (Phi) is 3.21. The van der Waals surface area contributed by atoms with Crippen molar-refractivity contribution in [1.29, 1.82) is 0 Å². The average molecular weight is 209 g/mol. The van der Waals surface area contributed by atoms with Crippen LogP contribution in [-0.2, 0) is 6.42 Å². The summed E-state index contributed by atoms with van der Waals surface area (Å²) < 4.78 is 13.8. The third kappa shape index (κ3) is 2.48. The summed E-state index contributed by atoms with van der Waals surface area (Å²) in [5.41, 5.74) is 0.693. The third-order valence-electron chi connectivity index (χ3n) is 2.94. The van der Waals surface area contributed by atoms with Crippen molar-refractivity contribution in [1.82, 2.24) is 5.32 Å². The van der Waals surface area contributed by atoms with Crippen LogP contribution in [0.5, 0.6) is 5.75 Å². The van der Waals surface area contributed by atoms with Gasteiger partial charge in [-0.15, -0.1) is 0 Å². The van der Waals surface area contributed by atoms with Crippen LogP contribution in [0.2, 0.25) is 0 Å². The molecule has 1 heterocycles. The van der Waals surface area contributed by atoms with Crippen molar-refractivity contribution >= 4 is 0 Å². The van der Waals surface area contributed by atoms with Crippen LogP contribution in [-0.4, -0.2) is 23.9 Å². The van der Waals surface area contributed by atoms with E-state index in [2.05, 4.69) is 5.32 Å². The molecular formula is C12H16FNO. The Morgan fingerprint density at radius 3 is 2.93 bits per heavy atom. The number of aromatic hydroxyl groups is 1. The highest BCUT2D eigenvalue weighted by Gasteiger charge is 2.24. The van der Waals surface area contributed by atoms with Gasteiger partial charge in [-0.1, -0.05) is 18.2 Å². The van der Waals surface area contributed by atoms with Gasteiger partial charge in [-0.05, 0) is 31.0 Å². The van der Waals surface area contributed by atoms with E-state index in [1.165, 1.54) is 0 Å². The van der Waals surface area contributed by atoms with Gasteiger partial charge in [0.2, 0.25) is 0 Å². The fourth-order valence-corrected chi connectivity index (χ4v) is 2.06. The molecule has 0 aliphatic carbocycles. The summed E-state index contributed by atoms with van der Waals surface area (Å²) in [5.74, 6) is 0.193. The van der Waals surface area contributed by atoms with Gasteiger partial charge in [0.25, 0.3) is 0 Å². The lowest BCUT2D eigenvalue weighted by atomic mass is 10.0. The summed E-state index contributed by atoms with van der Waals surface area (Å²) in [6, 6.07) is 6.91. The molecule has 0 saturated carbocycles. The first-order valence-corrected chi connectivity index (χ1v) is 5.41. The van der Waals surface area contributed by atoms with Crippen LogP contribution in [0.15, 0.2) is 24.3 Å². The van der Waals surface area contributed by atoms with E-state index >= 15 is 0 Å².